The van der Waals surface area contributed by atoms with Crippen LogP contribution < -0.4 is 0 Å². The molecule has 234 valence electrons. The van der Waals surface area contributed by atoms with Crippen molar-refractivity contribution in [1.82, 2.24) is 9.97 Å². The van der Waals surface area contributed by atoms with Gasteiger partial charge in [-0.2, -0.15) is 0 Å². The van der Waals surface area contributed by atoms with Crippen LogP contribution in [0.2, 0.25) is 0 Å². The van der Waals surface area contributed by atoms with Crippen LogP contribution in [0.5, 0.6) is 0 Å². The summed E-state index contributed by atoms with van der Waals surface area (Å²) in [6.07, 6.45) is 1.90. The maximum atomic E-state index is 5.22. The molecule has 1 spiro atoms. The van der Waals surface area contributed by atoms with Crippen molar-refractivity contribution in [1.29, 1.82) is 0 Å². The molecule has 2 heteroatoms. The summed E-state index contributed by atoms with van der Waals surface area (Å²) < 4.78 is 0. The van der Waals surface area contributed by atoms with Crippen LogP contribution in [0, 0.1) is 0 Å². The Labute approximate surface area is 291 Å². The molecule has 0 N–H and O–H groups in total. The third-order valence-electron chi connectivity index (χ3n) is 11.7. The zero-order valence-electron chi connectivity index (χ0n) is 27.9. The third kappa shape index (κ3) is 3.38. The highest BCUT2D eigenvalue weighted by Gasteiger charge is 2.54. The van der Waals surface area contributed by atoms with E-state index in [1.807, 2.05) is 12.3 Å². The Kier molecular flexibility index (Phi) is 5.41. The van der Waals surface area contributed by atoms with E-state index in [0.29, 0.717) is 0 Å². The fourth-order valence-corrected chi connectivity index (χ4v) is 9.73. The lowest BCUT2D eigenvalue weighted by atomic mass is 9.69. The summed E-state index contributed by atoms with van der Waals surface area (Å²) in [4.78, 5) is 10.1. The van der Waals surface area contributed by atoms with Gasteiger partial charge in [0.15, 0.2) is 5.82 Å². The molecule has 1 unspecified atom stereocenters. The number of hydrogen-bond acceptors (Lipinski definition) is 2. The molecule has 0 aliphatic heterocycles. The molecular weight excluding hydrogens is 605 g/mol. The van der Waals surface area contributed by atoms with Crippen molar-refractivity contribution < 1.29 is 0 Å². The number of nitrogens with zero attached hydrogens (tertiary/aromatic N) is 2. The molecule has 50 heavy (non-hydrogen) atoms. The maximum Gasteiger partial charge on any atom is 0.159 e. The van der Waals surface area contributed by atoms with E-state index in [-0.39, 0.29) is 5.41 Å². The lowest BCUT2D eigenvalue weighted by Gasteiger charge is -2.31. The quantitative estimate of drug-likeness (QED) is 0.189. The van der Waals surface area contributed by atoms with Gasteiger partial charge in [0.25, 0.3) is 0 Å². The topological polar surface area (TPSA) is 25.8 Å². The molecular formula is C48H32N2. The predicted molar refractivity (Wildman–Crippen MR) is 204 cm³/mol. The Bertz CT molecular complexity index is 2750. The number of fused-ring (bicyclic) bond motifs is 15. The molecule has 1 heterocycles. The zero-order chi connectivity index (χ0) is 33.2. The Balaban J connectivity index is 1.18. The van der Waals surface area contributed by atoms with E-state index in [9.17, 15) is 0 Å². The molecule has 0 saturated heterocycles. The summed E-state index contributed by atoms with van der Waals surface area (Å²) in [5.74, 6) is 0.737. The Morgan fingerprint density at radius 1 is 0.460 bits per heavy atom. The maximum absolute atomic E-state index is 5.22. The number of benzene rings is 7. The van der Waals surface area contributed by atoms with Gasteiger partial charge in [-0.3, -0.25) is 0 Å². The molecule has 11 rings (SSSR count). The van der Waals surface area contributed by atoms with Crippen molar-refractivity contribution in [3.05, 3.63) is 191 Å². The zero-order valence-corrected chi connectivity index (χ0v) is 27.9. The molecule has 8 aromatic rings. The van der Waals surface area contributed by atoms with Gasteiger partial charge in [0.1, 0.15) is 0 Å². The third-order valence-corrected chi connectivity index (χ3v) is 11.7. The normalized spacial score (nSPS) is 16.8. The summed E-state index contributed by atoms with van der Waals surface area (Å²) >= 11 is 0. The van der Waals surface area contributed by atoms with Gasteiger partial charge in [0.2, 0.25) is 0 Å². The van der Waals surface area contributed by atoms with Gasteiger partial charge >= 0.3 is 0 Å². The fourth-order valence-electron chi connectivity index (χ4n) is 9.73. The molecule has 0 bridgehead atoms. The molecule has 7 aromatic carbocycles. The van der Waals surface area contributed by atoms with Crippen LogP contribution in [0.1, 0.15) is 47.2 Å². The van der Waals surface area contributed by atoms with Crippen LogP contribution in [-0.2, 0) is 10.8 Å². The number of rotatable bonds is 2. The van der Waals surface area contributed by atoms with E-state index < -0.39 is 5.41 Å². The second-order valence-electron chi connectivity index (χ2n) is 14.5. The summed E-state index contributed by atoms with van der Waals surface area (Å²) in [5.41, 5.74) is 18.7. The minimum Gasteiger partial charge on any atom is -0.237 e. The van der Waals surface area contributed by atoms with Crippen molar-refractivity contribution in [2.45, 2.75) is 24.7 Å². The van der Waals surface area contributed by atoms with Crippen molar-refractivity contribution in [2.24, 2.45) is 0 Å². The monoisotopic (exact) mass is 636 g/mol. The van der Waals surface area contributed by atoms with Crippen LogP contribution in [-0.4, -0.2) is 9.97 Å². The average molecular weight is 637 g/mol. The fraction of sp³-hybridized carbons (Fsp3) is 0.0833. The smallest absolute Gasteiger partial charge is 0.159 e. The first-order valence-electron chi connectivity index (χ1n) is 17.5. The minimum absolute atomic E-state index is 0.130. The Morgan fingerprint density at radius 3 is 1.92 bits per heavy atom. The Morgan fingerprint density at radius 2 is 1.08 bits per heavy atom. The van der Waals surface area contributed by atoms with Gasteiger partial charge in [-0.05, 0) is 89.7 Å². The van der Waals surface area contributed by atoms with Gasteiger partial charge in [-0.1, -0.05) is 153 Å². The molecule has 0 amide bonds. The highest BCUT2D eigenvalue weighted by molar-refractivity contribution is 6.01. The number of hydrogen-bond donors (Lipinski definition) is 0. The van der Waals surface area contributed by atoms with Gasteiger partial charge in [-0.15, -0.1) is 0 Å². The molecule has 0 saturated carbocycles. The van der Waals surface area contributed by atoms with Crippen LogP contribution >= 0.6 is 0 Å². The van der Waals surface area contributed by atoms with Crippen molar-refractivity contribution in [2.75, 3.05) is 0 Å². The van der Waals surface area contributed by atoms with Crippen LogP contribution in [0.15, 0.2) is 158 Å². The molecule has 1 aromatic heterocycles. The lowest BCUT2D eigenvalue weighted by Crippen LogP contribution is -2.26. The van der Waals surface area contributed by atoms with Crippen molar-refractivity contribution >= 4 is 10.8 Å². The summed E-state index contributed by atoms with van der Waals surface area (Å²) in [6.45, 7) is 4.81. The van der Waals surface area contributed by atoms with Crippen LogP contribution in [0.4, 0.5) is 0 Å². The van der Waals surface area contributed by atoms with Crippen molar-refractivity contribution in [3.8, 4) is 56.0 Å². The highest BCUT2D eigenvalue weighted by Crippen LogP contribution is 2.66. The molecule has 2 nitrogen and oxygen atoms in total. The van der Waals surface area contributed by atoms with E-state index in [1.54, 1.807) is 0 Å². The van der Waals surface area contributed by atoms with Gasteiger partial charge < -0.3 is 0 Å². The molecule has 1 atom stereocenters. The van der Waals surface area contributed by atoms with Crippen LogP contribution in [0.25, 0.3) is 66.8 Å². The van der Waals surface area contributed by atoms with Gasteiger partial charge in [-0.25, -0.2) is 9.97 Å². The summed E-state index contributed by atoms with van der Waals surface area (Å²) in [7, 11) is 0. The average Bonchev–Trinajstić information content (AvgIpc) is 3.73. The molecule has 3 aliphatic carbocycles. The van der Waals surface area contributed by atoms with Gasteiger partial charge in [0.05, 0.1) is 11.1 Å². The van der Waals surface area contributed by atoms with Gasteiger partial charge in [0, 0.05) is 22.7 Å². The number of aromatic nitrogens is 2. The SMILES string of the molecule is CC1(C)c2ccccc2-c2ccc3c(c21)-c1ccccc1C31c2ccccc2-c2ccc(-c3nccc(-c4cccc5ccccc45)n3)cc21. The molecule has 3 aliphatic rings. The first-order valence-corrected chi connectivity index (χ1v) is 17.5. The first kappa shape index (κ1) is 27.8. The van der Waals surface area contributed by atoms with Crippen LogP contribution in [0.3, 0.4) is 0 Å². The first-order chi connectivity index (χ1) is 24.6. The minimum atomic E-state index is -0.457. The standard InChI is InChI=1S/C48H32N2/c1-47(2)38-19-8-5-16-33(38)36-24-25-41-44(45(36)47)37-17-7-10-21-40(37)48(41)39-20-9-6-15-32(39)34-23-22-30(28-42(34)48)46-49-27-26-43(50-46)35-18-11-13-29-12-3-4-14-31(29)35/h3-28H,1-2H3. The predicted octanol–water partition coefficient (Wildman–Crippen LogP) is 11.6. The molecule has 0 fully saturated rings. The van der Waals surface area contributed by atoms with E-state index in [4.69, 9.17) is 9.97 Å². The summed E-state index contributed by atoms with van der Waals surface area (Å²) in [5, 5.41) is 2.40. The highest BCUT2D eigenvalue weighted by atomic mass is 14.9. The lowest BCUT2D eigenvalue weighted by molar-refractivity contribution is 0.660. The summed E-state index contributed by atoms with van der Waals surface area (Å²) in [6, 6.07) is 55.9. The Hall–Kier alpha value is -6.12. The molecule has 0 radical (unpaired) electrons. The van der Waals surface area contributed by atoms with E-state index >= 15 is 0 Å². The second-order valence-corrected chi connectivity index (χ2v) is 14.5. The second kappa shape index (κ2) is 9.74. The van der Waals surface area contributed by atoms with Crippen molar-refractivity contribution in [3.63, 3.8) is 0 Å². The van der Waals surface area contributed by atoms with E-state index in [1.165, 1.54) is 77.5 Å². The van der Waals surface area contributed by atoms with E-state index in [2.05, 4.69) is 159 Å². The van der Waals surface area contributed by atoms with E-state index in [0.717, 1.165) is 22.6 Å². The largest absolute Gasteiger partial charge is 0.237 e.